The minimum Gasteiger partial charge on any atom is -0.508 e. The normalized spacial score (nSPS) is 10.6. The fourth-order valence-electron chi connectivity index (χ4n) is 4.01. The molecule has 34 heavy (non-hydrogen) atoms. The third-order valence-electron chi connectivity index (χ3n) is 5.79. The zero-order valence-electron chi connectivity index (χ0n) is 18.5. The van der Waals surface area contributed by atoms with Gasteiger partial charge in [-0.3, -0.25) is 0 Å². The van der Waals surface area contributed by atoms with Crippen molar-refractivity contribution in [2.75, 3.05) is 4.90 Å². The van der Waals surface area contributed by atoms with Crippen molar-refractivity contribution in [3.63, 3.8) is 0 Å². The second kappa shape index (κ2) is 9.53. The van der Waals surface area contributed by atoms with E-state index in [1.807, 2.05) is 54.6 Å². The van der Waals surface area contributed by atoms with Gasteiger partial charge in [-0.05, 0) is 82.9 Å². The number of hydrogen-bond acceptors (Lipinski definition) is 4. The number of phenolic OH excluding ortho intramolecular Hbond substituents is 1. The molecule has 0 unspecified atom stereocenters. The Hall–Kier alpha value is -4.54. The van der Waals surface area contributed by atoms with Gasteiger partial charge in [-0.2, -0.15) is 5.90 Å². The summed E-state index contributed by atoms with van der Waals surface area (Å²) in [5.74, 6) is 6.09. The van der Waals surface area contributed by atoms with Crippen LogP contribution in [0.5, 0.6) is 11.5 Å². The van der Waals surface area contributed by atoms with E-state index >= 15 is 0 Å². The standard InChI is InChI=1S/C30H24N2O2/c31-34-30-20-10-25(11-21-30)24-8-14-27(15-9-24)32(28-16-18-29(33)19-17-28)26-12-6-23(7-13-26)22-4-2-1-3-5-22/h1-21,33H,31H2. The van der Waals surface area contributed by atoms with Gasteiger partial charge in [-0.25, -0.2) is 0 Å². The number of aromatic hydroxyl groups is 1. The van der Waals surface area contributed by atoms with Crippen molar-refractivity contribution in [3.05, 3.63) is 127 Å². The van der Waals surface area contributed by atoms with Crippen LogP contribution in [0.3, 0.4) is 0 Å². The summed E-state index contributed by atoms with van der Waals surface area (Å²) in [4.78, 5) is 6.94. The van der Waals surface area contributed by atoms with Gasteiger partial charge in [0.15, 0.2) is 0 Å². The lowest BCUT2D eigenvalue weighted by molar-refractivity contribution is 0.334. The monoisotopic (exact) mass is 444 g/mol. The van der Waals surface area contributed by atoms with Crippen molar-refractivity contribution < 1.29 is 9.94 Å². The third-order valence-corrected chi connectivity index (χ3v) is 5.79. The molecule has 0 fully saturated rings. The van der Waals surface area contributed by atoms with E-state index in [1.54, 1.807) is 12.1 Å². The molecule has 0 saturated carbocycles. The smallest absolute Gasteiger partial charge is 0.146 e. The van der Waals surface area contributed by atoms with E-state index in [9.17, 15) is 5.11 Å². The molecule has 0 heterocycles. The molecule has 166 valence electrons. The van der Waals surface area contributed by atoms with Crippen LogP contribution >= 0.6 is 0 Å². The molecule has 0 saturated heterocycles. The highest BCUT2D eigenvalue weighted by molar-refractivity contribution is 5.80. The van der Waals surface area contributed by atoms with Gasteiger partial charge in [0.05, 0.1) is 0 Å². The van der Waals surface area contributed by atoms with E-state index in [4.69, 9.17) is 10.7 Å². The maximum atomic E-state index is 9.81. The molecule has 0 radical (unpaired) electrons. The summed E-state index contributed by atoms with van der Waals surface area (Å²) in [5, 5.41) is 9.81. The van der Waals surface area contributed by atoms with Crippen LogP contribution in [0.4, 0.5) is 17.1 Å². The zero-order valence-corrected chi connectivity index (χ0v) is 18.5. The fourth-order valence-corrected chi connectivity index (χ4v) is 4.01. The molecule has 0 aromatic heterocycles. The number of benzene rings is 5. The van der Waals surface area contributed by atoms with E-state index in [0.717, 1.165) is 33.8 Å². The zero-order chi connectivity index (χ0) is 23.3. The summed E-state index contributed by atoms with van der Waals surface area (Å²) < 4.78 is 0. The highest BCUT2D eigenvalue weighted by atomic mass is 16.6. The summed E-state index contributed by atoms with van der Waals surface area (Å²) in [7, 11) is 0. The molecule has 0 aliphatic heterocycles. The number of phenols is 1. The quantitative estimate of drug-likeness (QED) is 0.267. The van der Waals surface area contributed by atoms with Crippen LogP contribution in [0.25, 0.3) is 22.3 Å². The molecule has 0 amide bonds. The van der Waals surface area contributed by atoms with Crippen LogP contribution in [-0.4, -0.2) is 5.11 Å². The second-order valence-electron chi connectivity index (χ2n) is 7.95. The molecule has 0 atom stereocenters. The Labute approximate surface area is 199 Å². The van der Waals surface area contributed by atoms with Gasteiger partial charge >= 0.3 is 0 Å². The van der Waals surface area contributed by atoms with Crippen molar-refractivity contribution >= 4 is 17.1 Å². The van der Waals surface area contributed by atoms with E-state index in [1.165, 1.54) is 5.56 Å². The number of hydrogen-bond donors (Lipinski definition) is 2. The Morgan fingerprint density at radius 2 is 0.853 bits per heavy atom. The molecule has 0 aliphatic rings. The first-order valence-electron chi connectivity index (χ1n) is 11.0. The molecule has 5 rings (SSSR count). The summed E-state index contributed by atoms with van der Waals surface area (Å²) in [6.07, 6.45) is 0. The van der Waals surface area contributed by atoms with Gasteiger partial charge in [-0.1, -0.05) is 66.7 Å². The Bertz CT molecular complexity index is 1350. The number of anilines is 3. The van der Waals surface area contributed by atoms with Crippen LogP contribution in [-0.2, 0) is 0 Å². The van der Waals surface area contributed by atoms with E-state index in [0.29, 0.717) is 5.75 Å². The lowest BCUT2D eigenvalue weighted by Crippen LogP contribution is -2.09. The highest BCUT2D eigenvalue weighted by Crippen LogP contribution is 2.37. The molecule has 0 bridgehead atoms. The second-order valence-corrected chi connectivity index (χ2v) is 7.95. The van der Waals surface area contributed by atoms with Gasteiger partial charge in [0.1, 0.15) is 11.5 Å². The molecule has 5 aromatic carbocycles. The van der Waals surface area contributed by atoms with Gasteiger partial charge in [0, 0.05) is 17.1 Å². The first-order valence-corrected chi connectivity index (χ1v) is 11.0. The molecule has 0 aliphatic carbocycles. The van der Waals surface area contributed by atoms with Crippen LogP contribution < -0.4 is 15.6 Å². The van der Waals surface area contributed by atoms with Gasteiger partial charge < -0.3 is 14.8 Å². The molecule has 4 heteroatoms. The largest absolute Gasteiger partial charge is 0.508 e. The molecule has 5 aromatic rings. The van der Waals surface area contributed by atoms with Crippen molar-refractivity contribution in [3.8, 4) is 33.8 Å². The van der Waals surface area contributed by atoms with Crippen LogP contribution in [0.15, 0.2) is 127 Å². The molecular formula is C30H24N2O2. The van der Waals surface area contributed by atoms with Crippen LogP contribution in [0.2, 0.25) is 0 Å². The summed E-state index contributed by atoms with van der Waals surface area (Å²) in [6.45, 7) is 0. The Kier molecular flexibility index (Phi) is 5.97. The number of nitrogens with zero attached hydrogens (tertiary/aromatic N) is 1. The van der Waals surface area contributed by atoms with Gasteiger partial charge in [-0.15, -0.1) is 0 Å². The number of rotatable bonds is 6. The predicted octanol–water partition coefficient (Wildman–Crippen LogP) is 7.45. The van der Waals surface area contributed by atoms with E-state index < -0.39 is 0 Å². The first-order chi connectivity index (χ1) is 16.7. The van der Waals surface area contributed by atoms with Crippen LogP contribution in [0, 0.1) is 0 Å². The van der Waals surface area contributed by atoms with Crippen molar-refractivity contribution in [2.24, 2.45) is 5.90 Å². The molecule has 4 nitrogen and oxygen atoms in total. The van der Waals surface area contributed by atoms with Gasteiger partial charge in [0.2, 0.25) is 0 Å². The van der Waals surface area contributed by atoms with E-state index in [-0.39, 0.29) is 5.75 Å². The number of nitrogens with two attached hydrogens (primary N) is 1. The minimum absolute atomic E-state index is 0.239. The van der Waals surface area contributed by atoms with Crippen molar-refractivity contribution in [1.29, 1.82) is 0 Å². The third kappa shape index (κ3) is 4.49. The predicted molar refractivity (Wildman–Crippen MR) is 138 cm³/mol. The minimum atomic E-state index is 0.239. The summed E-state index contributed by atoms with van der Waals surface area (Å²) in [5.41, 5.74) is 7.53. The molecular weight excluding hydrogens is 420 g/mol. The Balaban J connectivity index is 1.51. The lowest BCUT2D eigenvalue weighted by atomic mass is 10.0. The first kappa shape index (κ1) is 21.3. The maximum absolute atomic E-state index is 9.81. The van der Waals surface area contributed by atoms with Gasteiger partial charge in [0.25, 0.3) is 0 Å². The average Bonchev–Trinajstić information content (AvgIpc) is 2.91. The van der Waals surface area contributed by atoms with Crippen molar-refractivity contribution in [2.45, 2.75) is 0 Å². The highest BCUT2D eigenvalue weighted by Gasteiger charge is 2.13. The fraction of sp³-hybridized carbons (Fsp3) is 0. The van der Waals surface area contributed by atoms with Crippen LogP contribution in [0.1, 0.15) is 0 Å². The molecule has 0 spiro atoms. The topological polar surface area (TPSA) is 58.7 Å². The Morgan fingerprint density at radius 3 is 1.29 bits per heavy atom. The lowest BCUT2D eigenvalue weighted by Gasteiger charge is -2.26. The van der Waals surface area contributed by atoms with Crippen molar-refractivity contribution in [1.82, 2.24) is 0 Å². The Morgan fingerprint density at radius 1 is 0.471 bits per heavy atom. The average molecular weight is 445 g/mol. The maximum Gasteiger partial charge on any atom is 0.146 e. The summed E-state index contributed by atoms with van der Waals surface area (Å²) >= 11 is 0. The molecule has 3 N–H and O–H groups in total. The summed E-state index contributed by atoms with van der Waals surface area (Å²) in [6, 6.07) is 42.1. The van der Waals surface area contributed by atoms with E-state index in [2.05, 4.69) is 65.6 Å². The SMILES string of the molecule is NOc1ccc(-c2ccc(N(c3ccc(O)cc3)c3ccc(-c4ccccc4)cc3)cc2)cc1.